The van der Waals surface area contributed by atoms with Gasteiger partial charge in [0, 0.05) is 32.7 Å². The lowest BCUT2D eigenvalue weighted by molar-refractivity contribution is -0.159. The molecular weight excluding hydrogens is 271 g/mol. The highest BCUT2D eigenvalue weighted by Gasteiger charge is 2.32. The van der Waals surface area contributed by atoms with Crippen molar-refractivity contribution in [1.29, 1.82) is 0 Å². The van der Waals surface area contributed by atoms with E-state index in [0.717, 1.165) is 18.0 Å². The minimum absolute atomic E-state index is 0. The second kappa shape index (κ2) is 7.16. The zero-order valence-corrected chi connectivity index (χ0v) is 11.3. The summed E-state index contributed by atoms with van der Waals surface area (Å²) >= 11 is 0. The number of hydrogen-bond donors (Lipinski definition) is 1. The van der Waals surface area contributed by atoms with Crippen molar-refractivity contribution in [2.24, 2.45) is 0 Å². The number of nitrogens with zero attached hydrogens (tertiary/aromatic N) is 2. The molecule has 8 heteroatoms. The van der Waals surface area contributed by atoms with Gasteiger partial charge in [0.2, 0.25) is 5.91 Å². The van der Waals surface area contributed by atoms with E-state index in [1.54, 1.807) is 0 Å². The Labute approximate surface area is 111 Å². The quantitative estimate of drug-likeness (QED) is 0.832. The number of likely N-dealkylation sites (N-methyl/N-ethyl adjacent to an activating group) is 1. The normalized spacial score (nSPS) is 21.3. The summed E-state index contributed by atoms with van der Waals surface area (Å²) in [6.07, 6.45) is -4.33. The van der Waals surface area contributed by atoms with Crippen molar-refractivity contribution in [2.45, 2.75) is 19.1 Å². The van der Waals surface area contributed by atoms with Gasteiger partial charge in [-0.2, -0.15) is 13.2 Å². The van der Waals surface area contributed by atoms with Crippen LogP contribution in [0.3, 0.4) is 0 Å². The first-order valence-corrected chi connectivity index (χ1v) is 5.55. The Morgan fingerprint density at radius 1 is 1.50 bits per heavy atom. The zero-order valence-electron chi connectivity index (χ0n) is 10.5. The van der Waals surface area contributed by atoms with Crippen LogP contribution in [0.15, 0.2) is 0 Å². The van der Waals surface area contributed by atoms with Crippen molar-refractivity contribution in [1.82, 2.24) is 15.1 Å². The van der Waals surface area contributed by atoms with E-state index in [0.29, 0.717) is 6.54 Å². The Bertz CT molecular complexity index is 276. The molecule has 0 spiro atoms. The molecule has 0 saturated carbocycles. The minimum Gasteiger partial charge on any atom is -0.336 e. The van der Waals surface area contributed by atoms with Crippen LogP contribution in [0.1, 0.15) is 6.92 Å². The summed E-state index contributed by atoms with van der Waals surface area (Å²) in [5.74, 6) is -0.490. The molecule has 0 aromatic carbocycles. The molecule has 1 fully saturated rings. The molecule has 4 nitrogen and oxygen atoms in total. The molecule has 1 heterocycles. The molecule has 1 amide bonds. The van der Waals surface area contributed by atoms with Gasteiger partial charge in [0.1, 0.15) is 6.54 Å². The number of carbonyl (C=O) groups is 1. The fourth-order valence-electron chi connectivity index (χ4n) is 1.77. The topological polar surface area (TPSA) is 35.6 Å². The molecule has 0 radical (unpaired) electrons. The van der Waals surface area contributed by atoms with E-state index >= 15 is 0 Å². The molecule has 108 valence electrons. The van der Waals surface area contributed by atoms with E-state index in [1.807, 2.05) is 11.8 Å². The lowest BCUT2D eigenvalue weighted by Gasteiger charge is -2.34. The van der Waals surface area contributed by atoms with Crippen molar-refractivity contribution in [3.8, 4) is 0 Å². The Balaban J connectivity index is 0.00000289. The van der Waals surface area contributed by atoms with Gasteiger partial charge in [-0.1, -0.05) is 0 Å². The first-order chi connectivity index (χ1) is 7.79. The van der Waals surface area contributed by atoms with Gasteiger partial charge in [-0.25, -0.2) is 0 Å². The average Bonchev–Trinajstić information content (AvgIpc) is 2.18. The summed E-state index contributed by atoms with van der Waals surface area (Å²) in [7, 11) is 1.18. The Kier molecular flexibility index (Phi) is 6.94. The van der Waals surface area contributed by atoms with Crippen LogP contribution in [0.2, 0.25) is 0 Å². The Morgan fingerprint density at radius 3 is 2.61 bits per heavy atom. The van der Waals surface area contributed by atoms with E-state index in [4.69, 9.17) is 0 Å². The molecule has 1 aliphatic rings. The third kappa shape index (κ3) is 5.88. The maximum absolute atomic E-state index is 12.1. The van der Waals surface area contributed by atoms with Crippen LogP contribution in [-0.4, -0.2) is 67.7 Å². The number of carbonyl (C=O) groups excluding carboxylic acids is 1. The van der Waals surface area contributed by atoms with Crippen LogP contribution in [0, 0.1) is 0 Å². The van der Waals surface area contributed by atoms with Crippen LogP contribution in [0.25, 0.3) is 0 Å². The van der Waals surface area contributed by atoms with E-state index in [2.05, 4.69) is 5.32 Å². The van der Waals surface area contributed by atoms with Gasteiger partial charge in [0.25, 0.3) is 0 Å². The van der Waals surface area contributed by atoms with Crippen molar-refractivity contribution in [3.05, 3.63) is 0 Å². The molecule has 0 aromatic heterocycles. The molecule has 1 atom stereocenters. The summed E-state index contributed by atoms with van der Waals surface area (Å²) in [6, 6.07) is 0.173. The van der Waals surface area contributed by atoms with E-state index < -0.39 is 18.6 Å². The fourth-order valence-corrected chi connectivity index (χ4v) is 1.77. The fraction of sp³-hybridized carbons (Fsp3) is 0.900. The second-order valence-corrected chi connectivity index (χ2v) is 4.39. The third-order valence-electron chi connectivity index (χ3n) is 2.82. The third-order valence-corrected chi connectivity index (χ3v) is 2.82. The number of nitrogens with one attached hydrogen (secondary N) is 1. The number of rotatable bonds is 3. The van der Waals surface area contributed by atoms with Crippen LogP contribution >= 0.6 is 12.4 Å². The molecular formula is C10H19ClF3N3O. The largest absolute Gasteiger partial charge is 0.406 e. The highest BCUT2D eigenvalue weighted by molar-refractivity contribution is 5.85. The smallest absolute Gasteiger partial charge is 0.336 e. The van der Waals surface area contributed by atoms with E-state index in [9.17, 15) is 18.0 Å². The maximum atomic E-state index is 12.1. The predicted molar refractivity (Wildman–Crippen MR) is 64.8 cm³/mol. The number of alkyl halides is 3. The van der Waals surface area contributed by atoms with Crippen LogP contribution < -0.4 is 5.32 Å². The van der Waals surface area contributed by atoms with Gasteiger partial charge in [0.05, 0.1) is 6.54 Å². The summed E-state index contributed by atoms with van der Waals surface area (Å²) in [5, 5.41) is 3.16. The Morgan fingerprint density at radius 2 is 2.11 bits per heavy atom. The minimum atomic E-state index is -4.33. The number of halogens is 4. The highest BCUT2D eigenvalue weighted by Crippen LogP contribution is 2.15. The molecule has 0 unspecified atom stereocenters. The van der Waals surface area contributed by atoms with Crippen LogP contribution in [0.4, 0.5) is 13.2 Å². The van der Waals surface area contributed by atoms with Gasteiger partial charge in [-0.15, -0.1) is 12.4 Å². The summed E-state index contributed by atoms with van der Waals surface area (Å²) < 4.78 is 36.3. The molecule has 1 aliphatic heterocycles. The maximum Gasteiger partial charge on any atom is 0.406 e. The van der Waals surface area contributed by atoms with Gasteiger partial charge in [-0.05, 0) is 6.92 Å². The standard InChI is InChI=1S/C10H18F3N3O.ClH/c1-8-5-14-3-4-16(8)6-9(17)15(2)7-10(11,12)13;/h8,14H,3-7H2,1-2H3;1H/t8-;/m1./s1. The lowest BCUT2D eigenvalue weighted by atomic mass is 10.2. The summed E-state index contributed by atoms with van der Waals surface area (Å²) in [4.78, 5) is 14.2. The van der Waals surface area contributed by atoms with Crippen LogP contribution in [-0.2, 0) is 4.79 Å². The van der Waals surface area contributed by atoms with Crippen LogP contribution in [0.5, 0.6) is 0 Å². The summed E-state index contributed by atoms with van der Waals surface area (Å²) in [5.41, 5.74) is 0. The monoisotopic (exact) mass is 289 g/mol. The lowest BCUT2D eigenvalue weighted by Crippen LogP contribution is -2.53. The second-order valence-electron chi connectivity index (χ2n) is 4.39. The van der Waals surface area contributed by atoms with Crippen molar-refractivity contribution in [3.63, 3.8) is 0 Å². The molecule has 1 saturated heterocycles. The van der Waals surface area contributed by atoms with E-state index in [-0.39, 0.29) is 25.0 Å². The molecule has 0 aromatic rings. The molecule has 0 aliphatic carbocycles. The zero-order chi connectivity index (χ0) is 13.1. The van der Waals surface area contributed by atoms with Crippen molar-refractivity contribution >= 4 is 18.3 Å². The van der Waals surface area contributed by atoms with E-state index in [1.165, 1.54) is 7.05 Å². The number of hydrogen-bond acceptors (Lipinski definition) is 3. The van der Waals surface area contributed by atoms with Crippen molar-refractivity contribution < 1.29 is 18.0 Å². The predicted octanol–water partition coefficient (Wildman–Crippen LogP) is 0.723. The number of piperazine rings is 1. The first-order valence-electron chi connectivity index (χ1n) is 5.55. The Hall–Kier alpha value is -0.530. The van der Waals surface area contributed by atoms with Crippen molar-refractivity contribution in [2.75, 3.05) is 39.8 Å². The molecule has 1 rings (SSSR count). The molecule has 1 N–H and O–H groups in total. The molecule has 0 bridgehead atoms. The summed E-state index contributed by atoms with van der Waals surface area (Å²) in [6.45, 7) is 3.02. The SMILES string of the molecule is C[C@@H]1CNCCN1CC(=O)N(C)CC(F)(F)F.Cl. The molecule has 18 heavy (non-hydrogen) atoms. The highest BCUT2D eigenvalue weighted by atomic mass is 35.5. The average molecular weight is 290 g/mol. The first kappa shape index (κ1) is 17.5. The van der Waals surface area contributed by atoms with Gasteiger partial charge in [0.15, 0.2) is 0 Å². The van der Waals surface area contributed by atoms with Gasteiger partial charge < -0.3 is 10.2 Å². The number of amides is 1. The van der Waals surface area contributed by atoms with Gasteiger partial charge >= 0.3 is 6.18 Å². The van der Waals surface area contributed by atoms with Gasteiger partial charge in [-0.3, -0.25) is 9.69 Å².